The Bertz CT molecular complexity index is 672. The van der Waals surface area contributed by atoms with E-state index < -0.39 is 0 Å². The zero-order valence-electron chi connectivity index (χ0n) is 12.9. The molecule has 0 aliphatic carbocycles. The highest BCUT2D eigenvalue weighted by molar-refractivity contribution is 9.10. The summed E-state index contributed by atoms with van der Waals surface area (Å²) >= 11 is 3.56. The van der Waals surface area contributed by atoms with Crippen LogP contribution in [0.4, 0.5) is 0 Å². The fourth-order valence-electron chi connectivity index (χ4n) is 3.01. The molecule has 1 N–H and O–H groups in total. The van der Waals surface area contributed by atoms with Gasteiger partial charge in [-0.05, 0) is 54.8 Å². The summed E-state index contributed by atoms with van der Waals surface area (Å²) in [6.45, 7) is 3.65. The molecule has 0 spiro atoms. The third-order valence-corrected chi connectivity index (χ3v) is 4.48. The molecule has 0 radical (unpaired) electrons. The van der Waals surface area contributed by atoms with Gasteiger partial charge in [-0.25, -0.2) is 0 Å². The largest absolute Gasteiger partial charge is 0.496 e. The van der Waals surface area contributed by atoms with E-state index in [1.807, 2.05) is 25.1 Å². The smallest absolute Gasteiger partial charge is 0.124 e. The van der Waals surface area contributed by atoms with Crippen LogP contribution >= 0.6 is 15.9 Å². The number of fused-ring (bicyclic) bond motifs is 1. The highest BCUT2D eigenvalue weighted by Gasteiger charge is 2.24. The average molecular weight is 362 g/mol. The molecule has 3 nitrogen and oxygen atoms in total. The van der Waals surface area contributed by atoms with Crippen molar-refractivity contribution in [2.45, 2.75) is 19.4 Å². The average Bonchev–Trinajstić information content (AvgIpc) is 2.54. The molecule has 0 fully saturated rings. The first-order valence-electron chi connectivity index (χ1n) is 7.55. The molecule has 0 saturated carbocycles. The Balaban J connectivity index is 2.03. The first-order valence-corrected chi connectivity index (χ1v) is 8.34. The molecule has 22 heavy (non-hydrogen) atoms. The van der Waals surface area contributed by atoms with E-state index in [0.717, 1.165) is 34.5 Å². The van der Waals surface area contributed by atoms with Gasteiger partial charge in [-0.3, -0.25) is 0 Å². The van der Waals surface area contributed by atoms with Gasteiger partial charge in [-0.15, -0.1) is 0 Å². The highest BCUT2D eigenvalue weighted by Crippen LogP contribution is 2.36. The standard InChI is InChI=1S/C18H20BrNO2/c1-3-22-14-5-6-15-12(10-14)8-9-20-18(15)16-11-13(19)4-7-17(16)21-2/h4-7,10-11,18,20H,3,8-9H2,1-2H3. The minimum atomic E-state index is 0.145. The van der Waals surface area contributed by atoms with E-state index in [0.29, 0.717) is 6.61 Å². The normalized spacial score (nSPS) is 17.0. The molecule has 4 heteroatoms. The zero-order chi connectivity index (χ0) is 15.5. The zero-order valence-corrected chi connectivity index (χ0v) is 14.4. The summed E-state index contributed by atoms with van der Waals surface area (Å²) < 4.78 is 12.2. The summed E-state index contributed by atoms with van der Waals surface area (Å²) in [6.07, 6.45) is 1.02. The van der Waals surface area contributed by atoms with Gasteiger partial charge in [0, 0.05) is 16.6 Å². The van der Waals surface area contributed by atoms with Crippen LogP contribution in [0.2, 0.25) is 0 Å². The SMILES string of the molecule is CCOc1ccc2c(c1)CCNC2c1cc(Br)ccc1OC. The molecule has 0 amide bonds. The molecular formula is C18H20BrNO2. The number of rotatable bonds is 4. The van der Waals surface area contributed by atoms with Crippen LogP contribution in [-0.4, -0.2) is 20.3 Å². The van der Waals surface area contributed by atoms with Crippen molar-refractivity contribution in [1.82, 2.24) is 5.32 Å². The van der Waals surface area contributed by atoms with Gasteiger partial charge in [-0.1, -0.05) is 22.0 Å². The van der Waals surface area contributed by atoms with Crippen molar-refractivity contribution in [3.8, 4) is 11.5 Å². The third-order valence-electron chi connectivity index (χ3n) is 3.98. The van der Waals surface area contributed by atoms with Crippen LogP contribution in [-0.2, 0) is 6.42 Å². The lowest BCUT2D eigenvalue weighted by Gasteiger charge is -2.29. The van der Waals surface area contributed by atoms with Crippen LogP contribution in [0.3, 0.4) is 0 Å². The lowest BCUT2D eigenvalue weighted by molar-refractivity contribution is 0.339. The fourth-order valence-corrected chi connectivity index (χ4v) is 3.38. The van der Waals surface area contributed by atoms with E-state index in [4.69, 9.17) is 9.47 Å². The van der Waals surface area contributed by atoms with Gasteiger partial charge in [-0.2, -0.15) is 0 Å². The summed E-state index contributed by atoms with van der Waals surface area (Å²) in [7, 11) is 1.72. The number of halogens is 1. The molecule has 0 saturated heterocycles. The van der Waals surface area contributed by atoms with E-state index in [-0.39, 0.29) is 6.04 Å². The molecule has 116 valence electrons. The van der Waals surface area contributed by atoms with Gasteiger partial charge in [0.25, 0.3) is 0 Å². The van der Waals surface area contributed by atoms with Crippen molar-refractivity contribution in [2.24, 2.45) is 0 Å². The van der Waals surface area contributed by atoms with E-state index >= 15 is 0 Å². The van der Waals surface area contributed by atoms with Crippen molar-refractivity contribution in [3.05, 3.63) is 57.6 Å². The summed E-state index contributed by atoms with van der Waals surface area (Å²) in [5, 5.41) is 3.60. The predicted molar refractivity (Wildman–Crippen MR) is 91.9 cm³/mol. The van der Waals surface area contributed by atoms with Crippen molar-refractivity contribution in [3.63, 3.8) is 0 Å². The molecule has 1 aliphatic heterocycles. The van der Waals surface area contributed by atoms with Crippen LogP contribution < -0.4 is 14.8 Å². The number of hydrogen-bond donors (Lipinski definition) is 1. The number of methoxy groups -OCH3 is 1. The second kappa shape index (κ2) is 6.71. The van der Waals surface area contributed by atoms with Gasteiger partial charge < -0.3 is 14.8 Å². The molecule has 2 aromatic rings. The maximum absolute atomic E-state index is 5.62. The third kappa shape index (κ3) is 2.99. The Kier molecular flexibility index (Phi) is 4.69. The first kappa shape index (κ1) is 15.4. The molecule has 1 atom stereocenters. The predicted octanol–water partition coefficient (Wildman–Crippen LogP) is 4.09. The second-order valence-corrected chi connectivity index (χ2v) is 6.23. The summed E-state index contributed by atoms with van der Waals surface area (Å²) in [5.74, 6) is 1.85. The number of hydrogen-bond acceptors (Lipinski definition) is 3. The van der Waals surface area contributed by atoms with E-state index in [1.165, 1.54) is 11.1 Å². The van der Waals surface area contributed by atoms with Crippen LogP contribution in [0.5, 0.6) is 11.5 Å². The van der Waals surface area contributed by atoms with E-state index in [9.17, 15) is 0 Å². The van der Waals surface area contributed by atoms with Crippen LogP contribution in [0.1, 0.15) is 29.7 Å². The molecule has 2 aromatic carbocycles. The molecular weight excluding hydrogens is 342 g/mol. The van der Waals surface area contributed by atoms with E-state index in [2.05, 4.69) is 39.4 Å². The van der Waals surface area contributed by atoms with Crippen LogP contribution in [0.25, 0.3) is 0 Å². The monoisotopic (exact) mass is 361 g/mol. The minimum Gasteiger partial charge on any atom is -0.496 e. The Hall–Kier alpha value is -1.52. The summed E-state index contributed by atoms with van der Waals surface area (Å²) in [6, 6.07) is 12.7. The second-order valence-electron chi connectivity index (χ2n) is 5.32. The molecule has 1 heterocycles. The van der Waals surface area contributed by atoms with Gasteiger partial charge in [0.15, 0.2) is 0 Å². The molecule has 1 unspecified atom stereocenters. The lowest BCUT2D eigenvalue weighted by atomic mass is 9.89. The lowest BCUT2D eigenvalue weighted by Crippen LogP contribution is -2.30. The minimum absolute atomic E-state index is 0.145. The molecule has 0 bridgehead atoms. The maximum Gasteiger partial charge on any atom is 0.124 e. The molecule has 1 aliphatic rings. The molecule has 0 aromatic heterocycles. The van der Waals surface area contributed by atoms with Crippen molar-refractivity contribution < 1.29 is 9.47 Å². The fraction of sp³-hybridized carbons (Fsp3) is 0.333. The van der Waals surface area contributed by atoms with Crippen molar-refractivity contribution in [2.75, 3.05) is 20.3 Å². The number of ether oxygens (including phenoxy) is 2. The van der Waals surface area contributed by atoms with Gasteiger partial charge in [0.2, 0.25) is 0 Å². The van der Waals surface area contributed by atoms with Gasteiger partial charge in [0.05, 0.1) is 19.8 Å². The highest BCUT2D eigenvalue weighted by atomic mass is 79.9. The first-order chi connectivity index (χ1) is 10.7. The molecule has 3 rings (SSSR count). The quantitative estimate of drug-likeness (QED) is 0.889. The Morgan fingerprint density at radius 2 is 2.05 bits per heavy atom. The maximum atomic E-state index is 5.62. The Morgan fingerprint density at radius 3 is 2.82 bits per heavy atom. The Labute approximate surface area is 139 Å². The van der Waals surface area contributed by atoms with Gasteiger partial charge in [0.1, 0.15) is 11.5 Å². The number of benzene rings is 2. The van der Waals surface area contributed by atoms with E-state index in [1.54, 1.807) is 7.11 Å². The summed E-state index contributed by atoms with van der Waals surface area (Å²) in [4.78, 5) is 0. The van der Waals surface area contributed by atoms with Crippen molar-refractivity contribution >= 4 is 15.9 Å². The number of nitrogens with one attached hydrogen (secondary N) is 1. The van der Waals surface area contributed by atoms with Gasteiger partial charge >= 0.3 is 0 Å². The van der Waals surface area contributed by atoms with Crippen LogP contribution in [0, 0.1) is 0 Å². The van der Waals surface area contributed by atoms with Crippen molar-refractivity contribution in [1.29, 1.82) is 0 Å². The Morgan fingerprint density at radius 1 is 1.18 bits per heavy atom. The topological polar surface area (TPSA) is 30.5 Å². The summed E-state index contributed by atoms with van der Waals surface area (Å²) in [5.41, 5.74) is 3.80. The van der Waals surface area contributed by atoms with Crippen LogP contribution in [0.15, 0.2) is 40.9 Å².